The minimum atomic E-state index is -0.484. The van der Waals surface area contributed by atoms with Gasteiger partial charge in [0.2, 0.25) is 0 Å². The molecular formula is C15H20O2. The molecule has 17 heavy (non-hydrogen) atoms. The van der Waals surface area contributed by atoms with Gasteiger partial charge in [0.25, 0.3) is 0 Å². The third-order valence-electron chi connectivity index (χ3n) is 2.71. The van der Waals surface area contributed by atoms with Crippen molar-refractivity contribution in [2.24, 2.45) is 0 Å². The van der Waals surface area contributed by atoms with E-state index in [0.29, 0.717) is 12.8 Å². The fourth-order valence-electron chi connectivity index (χ4n) is 1.71. The Morgan fingerprint density at radius 3 is 3.06 bits per heavy atom. The Bertz CT molecular complexity index is 333. The van der Waals surface area contributed by atoms with Crippen LogP contribution in [-0.2, 0) is 4.74 Å². The smallest absolute Gasteiger partial charge is 0.0879 e. The number of aliphatic hydroxyl groups is 1. The lowest BCUT2D eigenvalue weighted by Crippen LogP contribution is -2.31. The molecule has 1 aliphatic heterocycles. The molecule has 1 rings (SSSR count). The van der Waals surface area contributed by atoms with E-state index in [1.54, 1.807) is 6.08 Å². The van der Waals surface area contributed by atoms with Crippen molar-refractivity contribution >= 4 is 0 Å². The van der Waals surface area contributed by atoms with Crippen LogP contribution in [0.5, 0.6) is 0 Å². The van der Waals surface area contributed by atoms with Crippen LogP contribution in [0.1, 0.15) is 26.2 Å². The van der Waals surface area contributed by atoms with Crippen LogP contribution < -0.4 is 0 Å². The van der Waals surface area contributed by atoms with Gasteiger partial charge < -0.3 is 9.84 Å². The van der Waals surface area contributed by atoms with Crippen LogP contribution >= 0.6 is 0 Å². The van der Waals surface area contributed by atoms with Gasteiger partial charge in [0.15, 0.2) is 0 Å². The number of hydrogen-bond acceptors (Lipinski definition) is 2. The molecule has 2 nitrogen and oxygen atoms in total. The molecule has 0 radical (unpaired) electrons. The van der Waals surface area contributed by atoms with Gasteiger partial charge in [-0.15, -0.1) is 6.42 Å². The van der Waals surface area contributed by atoms with Crippen LogP contribution in [0.3, 0.4) is 0 Å². The highest BCUT2D eigenvalue weighted by Crippen LogP contribution is 2.16. The quantitative estimate of drug-likeness (QED) is 0.758. The molecule has 2 heteroatoms. The second kappa shape index (κ2) is 7.89. The molecule has 0 aromatic carbocycles. The van der Waals surface area contributed by atoms with Gasteiger partial charge in [-0.2, -0.15) is 0 Å². The summed E-state index contributed by atoms with van der Waals surface area (Å²) in [5.74, 6) is 2.44. The summed E-state index contributed by atoms with van der Waals surface area (Å²) in [4.78, 5) is 0. The van der Waals surface area contributed by atoms with Crippen LogP contribution in [0, 0.1) is 12.3 Å². The van der Waals surface area contributed by atoms with E-state index in [4.69, 9.17) is 11.2 Å². The highest BCUT2D eigenvalue weighted by Gasteiger charge is 2.20. The van der Waals surface area contributed by atoms with Crippen molar-refractivity contribution < 1.29 is 9.84 Å². The van der Waals surface area contributed by atoms with Crippen LogP contribution in [-0.4, -0.2) is 23.4 Å². The van der Waals surface area contributed by atoms with Gasteiger partial charge in [0.1, 0.15) is 0 Å². The zero-order chi connectivity index (χ0) is 12.5. The molecule has 1 N–H and O–H groups in total. The van der Waals surface area contributed by atoms with E-state index in [1.807, 2.05) is 30.4 Å². The number of rotatable bonds is 3. The van der Waals surface area contributed by atoms with Gasteiger partial charge in [-0.05, 0) is 25.3 Å². The van der Waals surface area contributed by atoms with Crippen LogP contribution in [0.15, 0.2) is 36.5 Å². The van der Waals surface area contributed by atoms with E-state index in [-0.39, 0.29) is 12.2 Å². The molecule has 0 saturated carbocycles. The van der Waals surface area contributed by atoms with Gasteiger partial charge in [-0.1, -0.05) is 43.2 Å². The summed E-state index contributed by atoms with van der Waals surface area (Å²) in [5.41, 5.74) is 0. The Balaban J connectivity index is 2.68. The van der Waals surface area contributed by atoms with E-state index in [2.05, 4.69) is 12.8 Å². The zero-order valence-corrected chi connectivity index (χ0v) is 10.3. The fourth-order valence-corrected chi connectivity index (χ4v) is 1.71. The maximum Gasteiger partial charge on any atom is 0.0879 e. The molecule has 92 valence electrons. The van der Waals surface area contributed by atoms with Crippen molar-refractivity contribution in [1.82, 2.24) is 0 Å². The van der Waals surface area contributed by atoms with E-state index in [1.165, 1.54) is 0 Å². The topological polar surface area (TPSA) is 29.5 Å². The molecule has 0 amide bonds. The summed E-state index contributed by atoms with van der Waals surface area (Å²) in [7, 11) is 0. The zero-order valence-electron chi connectivity index (χ0n) is 10.3. The molecule has 0 unspecified atom stereocenters. The Labute approximate surface area is 104 Å². The Hall–Kier alpha value is -1.30. The Kier molecular flexibility index (Phi) is 6.39. The van der Waals surface area contributed by atoms with Crippen molar-refractivity contribution in [2.45, 2.75) is 44.5 Å². The predicted octanol–water partition coefficient (Wildman–Crippen LogP) is 2.61. The first-order chi connectivity index (χ1) is 8.27. The van der Waals surface area contributed by atoms with Crippen molar-refractivity contribution in [3.05, 3.63) is 36.5 Å². The molecule has 0 bridgehead atoms. The minimum absolute atomic E-state index is 0.0524. The summed E-state index contributed by atoms with van der Waals surface area (Å²) < 4.78 is 5.88. The van der Waals surface area contributed by atoms with E-state index in [9.17, 15) is 5.11 Å². The third-order valence-corrected chi connectivity index (χ3v) is 2.71. The highest BCUT2D eigenvalue weighted by atomic mass is 16.5. The van der Waals surface area contributed by atoms with E-state index in [0.717, 1.165) is 6.42 Å². The third kappa shape index (κ3) is 5.04. The molecule has 0 aliphatic carbocycles. The summed E-state index contributed by atoms with van der Waals surface area (Å²) >= 11 is 0. The first-order valence-corrected chi connectivity index (χ1v) is 6.06. The standard InChI is InChI=1S/C15H20O2/c1-3-5-7-12-15-14(16)11-9-6-8-10-13(4-2)17-15/h1,5-10,13-16H,4,11-12H2,2H3/b7-5+,9-6-,10-8-/t13-,14+,15-/m0/s1. The number of terminal acetylenes is 1. The average Bonchev–Trinajstić information content (AvgIpc) is 2.42. The van der Waals surface area contributed by atoms with Crippen molar-refractivity contribution in [1.29, 1.82) is 0 Å². The summed E-state index contributed by atoms with van der Waals surface area (Å²) in [6, 6.07) is 0. The predicted molar refractivity (Wildman–Crippen MR) is 70.4 cm³/mol. The molecule has 0 aromatic rings. The Morgan fingerprint density at radius 2 is 2.35 bits per heavy atom. The van der Waals surface area contributed by atoms with E-state index < -0.39 is 6.10 Å². The van der Waals surface area contributed by atoms with Crippen molar-refractivity contribution in [3.63, 3.8) is 0 Å². The Morgan fingerprint density at radius 1 is 1.53 bits per heavy atom. The number of allylic oxidation sites excluding steroid dienone is 3. The van der Waals surface area contributed by atoms with Gasteiger partial charge >= 0.3 is 0 Å². The first-order valence-electron chi connectivity index (χ1n) is 6.06. The van der Waals surface area contributed by atoms with Gasteiger partial charge in [-0.3, -0.25) is 0 Å². The maximum atomic E-state index is 10.0. The minimum Gasteiger partial charge on any atom is -0.390 e. The molecule has 3 atom stereocenters. The second-order valence-corrected chi connectivity index (χ2v) is 4.04. The second-order valence-electron chi connectivity index (χ2n) is 4.04. The first kappa shape index (κ1) is 13.8. The van der Waals surface area contributed by atoms with E-state index >= 15 is 0 Å². The molecule has 0 saturated heterocycles. The molecule has 0 aromatic heterocycles. The fraction of sp³-hybridized carbons (Fsp3) is 0.467. The summed E-state index contributed by atoms with van der Waals surface area (Å²) in [5, 5.41) is 10.0. The molecule has 0 fully saturated rings. The largest absolute Gasteiger partial charge is 0.390 e. The molecule has 1 heterocycles. The van der Waals surface area contributed by atoms with Gasteiger partial charge in [-0.25, -0.2) is 0 Å². The summed E-state index contributed by atoms with van der Waals surface area (Å²) in [6.07, 6.45) is 18.1. The average molecular weight is 232 g/mol. The van der Waals surface area contributed by atoms with Gasteiger partial charge in [0, 0.05) is 0 Å². The van der Waals surface area contributed by atoms with Crippen molar-refractivity contribution in [2.75, 3.05) is 0 Å². The molecule has 0 spiro atoms. The molecular weight excluding hydrogens is 212 g/mol. The summed E-state index contributed by atoms with van der Waals surface area (Å²) in [6.45, 7) is 2.07. The van der Waals surface area contributed by atoms with Crippen LogP contribution in [0.4, 0.5) is 0 Å². The molecule has 1 aliphatic rings. The van der Waals surface area contributed by atoms with Crippen LogP contribution in [0.25, 0.3) is 0 Å². The highest BCUT2D eigenvalue weighted by molar-refractivity contribution is 5.10. The maximum absolute atomic E-state index is 10.0. The lowest BCUT2D eigenvalue weighted by Gasteiger charge is -2.24. The number of ether oxygens (including phenoxy) is 1. The lowest BCUT2D eigenvalue weighted by atomic mass is 10.1. The van der Waals surface area contributed by atoms with Gasteiger partial charge in [0.05, 0.1) is 18.3 Å². The lowest BCUT2D eigenvalue weighted by molar-refractivity contribution is -0.0584. The van der Waals surface area contributed by atoms with Crippen LogP contribution in [0.2, 0.25) is 0 Å². The number of hydrogen-bond donors (Lipinski definition) is 1. The van der Waals surface area contributed by atoms with Crippen molar-refractivity contribution in [3.8, 4) is 12.3 Å². The monoisotopic (exact) mass is 232 g/mol. The normalized spacial score (nSPS) is 33.4. The number of aliphatic hydroxyl groups excluding tert-OH is 1. The SMILES string of the molecule is C#C/C=C/C[C@@H]1O[C@@H](CC)/C=C\C=C/C[C@H]1O.